The van der Waals surface area contributed by atoms with Gasteiger partial charge in [-0.15, -0.1) is 0 Å². The Kier molecular flexibility index (Phi) is 12.3. The second-order valence-corrected chi connectivity index (χ2v) is 8.61. The second kappa shape index (κ2) is 15.9. The van der Waals surface area contributed by atoms with E-state index in [2.05, 4.69) is 0 Å². The predicted molar refractivity (Wildman–Crippen MR) is 152 cm³/mol. The van der Waals surface area contributed by atoms with E-state index in [9.17, 15) is 28.8 Å². The SMILES string of the molecule is CC(=O)Oc1cc(OC(C)=O)cc(C(=O)O)c1.CC(=O)Oc1ccc(C=Cc2cc(OC(C)=O)cc(OC(C)=O)c2)cc1. The van der Waals surface area contributed by atoms with Crippen molar-refractivity contribution in [2.45, 2.75) is 34.6 Å². The number of benzene rings is 3. The Bertz CT molecular complexity index is 1480. The Morgan fingerprint density at radius 2 is 0.791 bits per heavy atom. The fourth-order valence-corrected chi connectivity index (χ4v) is 3.29. The molecule has 3 aromatic rings. The normalized spacial score (nSPS) is 10.1. The average Bonchev–Trinajstić information content (AvgIpc) is 2.86. The summed E-state index contributed by atoms with van der Waals surface area (Å²) in [5.41, 5.74) is 1.41. The van der Waals surface area contributed by atoms with Crippen LogP contribution in [-0.2, 0) is 24.0 Å². The lowest BCUT2D eigenvalue weighted by atomic mass is 10.1. The van der Waals surface area contributed by atoms with Gasteiger partial charge in [0.05, 0.1) is 5.56 Å². The number of esters is 5. The standard InChI is InChI=1S/C20H18O6.C11H10O6/c1-13(21)24-18-8-6-16(7-9-18)4-5-17-10-19(25-14(2)22)12-20(11-17)26-15(3)23;1-6(12)16-9-3-8(11(14)15)4-10(5-9)17-7(2)13/h4-12H,1-3H3;3-5H,1-2H3,(H,14,15). The molecule has 3 rings (SSSR count). The first-order valence-corrected chi connectivity index (χ1v) is 12.4. The number of hydrogen-bond acceptors (Lipinski definition) is 11. The van der Waals surface area contributed by atoms with Crippen molar-refractivity contribution in [1.82, 2.24) is 0 Å². The van der Waals surface area contributed by atoms with Crippen LogP contribution in [0, 0.1) is 0 Å². The van der Waals surface area contributed by atoms with E-state index in [1.54, 1.807) is 42.5 Å². The quantitative estimate of drug-likeness (QED) is 0.214. The van der Waals surface area contributed by atoms with Gasteiger partial charge >= 0.3 is 35.8 Å². The van der Waals surface area contributed by atoms with E-state index in [-0.39, 0.29) is 34.5 Å². The minimum absolute atomic E-state index is 0.00801. The van der Waals surface area contributed by atoms with Crippen molar-refractivity contribution in [2.24, 2.45) is 0 Å². The van der Waals surface area contributed by atoms with Crippen LogP contribution in [0.25, 0.3) is 12.2 Å². The van der Waals surface area contributed by atoms with Crippen LogP contribution in [0.2, 0.25) is 0 Å². The number of rotatable bonds is 8. The largest absolute Gasteiger partial charge is 0.478 e. The van der Waals surface area contributed by atoms with Crippen molar-refractivity contribution in [3.8, 4) is 28.7 Å². The van der Waals surface area contributed by atoms with Crippen molar-refractivity contribution in [1.29, 1.82) is 0 Å². The van der Waals surface area contributed by atoms with E-state index >= 15 is 0 Å². The van der Waals surface area contributed by atoms with Gasteiger partial charge in [-0.1, -0.05) is 24.3 Å². The topological polar surface area (TPSA) is 169 Å². The maximum Gasteiger partial charge on any atom is 0.335 e. The highest BCUT2D eigenvalue weighted by molar-refractivity contribution is 5.89. The minimum Gasteiger partial charge on any atom is -0.478 e. The van der Waals surface area contributed by atoms with Crippen LogP contribution >= 0.6 is 0 Å². The molecular weight excluding hydrogens is 564 g/mol. The van der Waals surface area contributed by atoms with Gasteiger partial charge in [0.2, 0.25) is 0 Å². The molecule has 0 aliphatic heterocycles. The Balaban J connectivity index is 0.000000329. The van der Waals surface area contributed by atoms with Gasteiger partial charge in [0, 0.05) is 46.8 Å². The molecule has 0 saturated carbocycles. The summed E-state index contributed by atoms with van der Waals surface area (Å²) in [5, 5.41) is 8.82. The summed E-state index contributed by atoms with van der Waals surface area (Å²) >= 11 is 0. The third-order valence-electron chi connectivity index (χ3n) is 4.69. The average molecular weight is 593 g/mol. The highest BCUT2D eigenvalue weighted by atomic mass is 16.6. The number of ether oxygens (including phenoxy) is 5. The molecule has 0 atom stereocenters. The highest BCUT2D eigenvalue weighted by Gasteiger charge is 2.11. The maximum atomic E-state index is 11.2. The lowest BCUT2D eigenvalue weighted by Gasteiger charge is -2.07. The Morgan fingerprint density at radius 3 is 1.14 bits per heavy atom. The Labute approximate surface area is 246 Å². The first-order chi connectivity index (χ1) is 20.2. The first-order valence-electron chi connectivity index (χ1n) is 12.4. The number of carbonyl (C=O) groups excluding carboxylic acids is 5. The van der Waals surface area contributed by atoms with E-state index in [0.29, 0.717) is 11.3 Å². The van der Waals surface area contributed by atoms with Crippen LogP contribution in [0.1, 0.15) is 56.1 Å². The number of carbonyl (C=O) groups is 6. The Hall–Kier alpha value is -5.78. The molecule has 3 aromatic carbocycles. The van der Waals surface area contributed by atoms with Gasteiger partial charge in [0.15, 0.2) is 0 Å². The molecule has 0 aliphatic rings. The Morgan fingerprint density at radius 1 is 0.465 bits per heavy atom. The highest BCUT2D eigenvalue weighted by Crippen LogP contribution is 2.26. The van der Waals surface area contributed by atoms with Gasteiger partial charge in [0.25, 0.3) is 0 Å². The zero-order chi connectivity index (χ0) is 32.1. The van der Waals surface area contributed by atoms with Crippen molar-refractivity contribution < 1.29 is 57.6 Å². The van der Waals surface area contributed by atoms with Crippen LogP contribution < -0.4 is 23.7 Å². The van der Waals surface area contributed by atoms with E-state index in [0.717, 1.165) is 17.7 Å². The fraction of sp³-hybridized carbons (Fsp3) is 0.161. The molecule has 0 spiro atoms. The molecule has 224 valence electrons. The lowest BCUT2D eigenvalue weighted by Crippen LogP contribution is -2.06. The first kappa shape index (κ1) is 33.4. The number of carboxylic acids is 1. The van der Waals surface area contributed by atoms with Crippen molar-refractivity contribution >= 4 is 48.0 Å². The monoisotopic (exact) mass is 592 g/mol. The molecule has 43 heavy (non-hydrogen) atoms. The van der Waals surface area contributed by atoms with E-state index in [1.165, 1.54) is 46.8 Å². The van der Waals surface area contributed by atoms with Crippen LogP contribution in [0.4, 0.5) is 0 Å². The second-order valence-electron chi connectivity index (χ2n) is 8.61. The molecular formula is C31H28O12. The van der Waals surface area contributed by atoms with E-state index < -0.39 is 29.8 Å². The van der Waals surface area contributed by atoms with Gasteiger partial charge in [0.1, 0.15) is 28.7 Å². The number of aromatic carboxylic acids is 1. The zero-order valence-corrected chi connectivity index (χ0v) is 23.9. The third-order valence-corrected chi connectivity index (χ3v) is 4.69. The number of carboxylic acid groups (broad SMARTS) is 1. The molecule has 0 heterocycles. The van der Waals surface area contributed by atoms with Crippen molar-refractivity contribution in [3.63, 3.8) is 0 Å². The smallest absolute Gasteiger partial charge is 0.335 e. The molecule has 12 nitrogen and oxygen atoms in total. The zero-order valence-electron chi connectivity index (χ0n) is 23.9. The molecule has 0 bridgehead atoms. The molecule has 0 fully saturated rings. The van der Waals surface area contributed by atoms with Gasteiger partial charge in [-0.05, 0) is 47.5 Å². The summed E-state index contributed by atoms with van der Waals surface area (Å²) in [4.78, 5) is 65.5. The molecule has 0 radical (unpaired) electrons. The fourth-order valence-electron chi connectivity index (χ4n) is 3.29. The van der Waals surface area contributed by atoms with Gasteiger partial charge < -0.3 is 28.8 Å². The molecule has 0 aromatic heterocycles. The van der Waals surface area contributed by atoms with Crippen LogP contribution in [0.3, 0.4) is 0 Å². The summed E-state index contributed by atoms with van der Waals surface area (Å²) < 4.78 is 24.6. The summed E-state index contributed by atoms with van der Waals surface area (Å²) in [5.74, 6) is -2.70. The van der Waals surface area contributed by atoms with E-state index in [4.69, 9.17) is 28.8 Å². The summed E-state index contributed by atoms with van der Waals surface area (Å²) in [6.45, 7) is 6.28. The molecule has 0 aliphatic carbocycles. The van der Waals surface area contributed by atoms with Crippen molar-refractivity contribution in [3.05, 3.63) is 77.4 Å². The summed E-state index contributed by atoms with van der Waals surface area (Å²) in [6, 6.07) is 15.3. The lowest BCUT2D eigenvalue weighted by molar-refractivity contribution is -0.133. The predicted octanol–water partition coefficient (Wildman–Crippen LogP) is 4.87. The van der Waals surface area contributed by atoms with E-state index in [1.807, 2.05) is 6.08 Å². The third kappa shape index (κ3) is 13.0. The van der Waals surface area contributed by atoms with Gasteiger partial charge in [-0.3, -0.25) is 24.0 Å². The van der Waals surface area contributed by atoms with Crippen LogP contribution in [0.15, 0.2) is 60.7 Å². The van der Waals surface area contributed by atoms with Gasteiger partial charge in [-0.2, -0.15) is 0 Å². The summed E-state index contributed by atoms with van der Waals surface area (Å²) in [7, 11) is 0. The molecule has 12 heteroatoms. The van der Waals surface area contributed by atoms with Crippen molar-refractivity contribution in [2.75, 3.05) is 0 Å². The molecule has 1 N–H and O–H groups in total. The maximum absolute atomic E-state index is 11.2. The van der Waals surface area contributed by atoms with Crippen LogP contribution in [0.5, 0.6) is 28.7 Å². The molecule has 0 amide bonds. The van der Waals surface area contributed by atoms with Crippen LogP contribution in [-0.4, -0.2) is 40.9 Å². The number of hydrogen-bond donors (Lipinski definition) is 1. The van der Waals surface area contributed by atoms with Gasteiger partial charge in [-0.25, -0.2) is 4.79 Å². The molecule has 0 unspecified atom stereocenters. The summed E-state index contributed by atoms with van der Waals surface area (Å²) in [6.07, 6.45) is 3.60. The minimum atomic E-state index is -1.22. The molecule has 0 saturated heterocycles.